The molecule has 1 fully saturated rings. The summed E-state index contributed by atoms with van der Waals surface area (Å²) in [6.45, 7) is 2.61. The quantitative estimate of drug-likeness (QED) is 0.870. The van der Waals surface area contributed by atoms with Crippen LogP contribution in [-0.2, 0) is 9.59 Å². The van der Waals surface area contributed by atoms with E-state index in [0.717, 1.165) is 0 Å². The average molecular weight is 341 g/mol. The monoisotopic (exact) mass is 341 g/mol. The van der Waals surface area contributed by atoms with Crippen LogP contribution in [-0.4, -0.2) is 35.1 Å². The number of aromatic hydroxyl groups is 1. The minimum Gasteiger partial charge on any atom is -0.504 e. The van der Waals surface area contributed by atoms with Crippen LogP contribution in [0.1, 0.15) is 13.3 Å². The largest absolute Gasteiger partial charge is 0.504 e. The van der Waals surface area contributed by atoms with Gasteiger partial charge in [0, 0.05) is 19.2 Å². The lowest BCUT2D eigenvalue weighted by Crippen LogP contribution is -2.28. The van der Waals surface area contributed by atoms with Gasteiger partial charge in [-0.15, -0.1) is 0 Å². The van der Waals surface area contributed by atoms with E-state index >= 15 is 0 Å². The number of pyridine rings is 1. The van der Waals surface area contributed by atoms with Crippen LogP contribution in [0.25, 0.3) is 0 Å². The van der Waals surface area contributed by atoms with Gasteiger partial charge in [0.1, 0.15) is 5.75 Å². The van der Waals surface area contributed by atoms with Crippen molar-refractivity contribution in [3.05, 3.63) is 42.6 Å². The normalized spacial score (nSPS) is 16.8. The van der Waals surface area contributed by atoms with Gasteiger partial charge in [-0.3, -0.25) is 9.59 Å². The molecule has 1 aromatic carbocycles. The third-order valence-electron chi connectivity index (χ3n) is 3.98. The highest BCUT2D eigenvalue weighted by molar-refractivity contribution is 6.04. The number of carbonyl (C=O) groups excluding carboxylic acids is 2. The van der Waals surface area contributed by atoms with Crippen molar-refractivity contribution in [3.63, 3.8) is 0 Å². The Balaban J connectivity index is 1.74. The first-order chi connectivity index (χ1) is 12.1. The molecule has 0 bridgehead atoms. The van der Waals surface area contributed by atoms with Crippen LogP contribution in [0.4, 0.5) is 11.5 Å². The van der Waals surface area contributed by atoms with E-state index in [1.54, 1.807) is 23.1 Å². The number of nitrogens with one attached hydrogen (secondary N) is 1. The van der Waals surface area contributed by atoms with Crippen LogP contribution in [0.3, 0.4) is 0 Å². The maximum atomic E-state index is 12.4. The number of para-hydroxylation sites is 2. The lowest BCUT2D eigenvalue weighted by Gasteiger charge is -2.20. The van der Waals surface area contributed by atoms with Crippen LogP contribution in [0.5, 0.6) is 11.5 Å². The van der Waals surface area contributed by atoms with E-state index in [2.05, 4.69) is 10.3 Å². The van der Waals surface area contributed by atoms with Crippen molar-refractivity contribution in [2.75, 3.05) is 23.4 Å². The van der Waals surface area contributed by atoms with Crippen molar-refractivity contribution in [1.29, 1.82) is 0 Å². The minimum absolute atomic E-state index is 0.0908. The Labute approximate surface area is 145 Å². The molecule has 0 saturated carbocycles. The van der Waals surface area contributed by atoms with Gasteiger partial charge in [-0.2, -0.15) is 0 Å². The van der Waals surface area contributed by atoms with E-state index in [9.17, 15) is 14.7 Å². The van der Waals surface area contributed by atoms with Gasteiger partial charge in [-0.05, 0) is 31.2 Å². The first-order valence-electron chi connectivity index (χ1n) is 8.07. The zero-order valence-corrected chi connectivity index (χ0v) is 13.8. The molecule has 7 nitrogen and oxygen atoms in total. The third kappa shape index (κ3) is 3.55. The fourth-order valence-electron chi connectivity index (χ4n) is 2.79. The predicted molar refractivity (Wildman–Crippen MR) is 92.6 cm³/mol. The molecule has 25 heavy (non-hydrogen) atoms. The predicted octanol–water partition coefficient (Wildman–Crippen LogP) is 2.18. The lowest BCUT2D eigenvalue weighted by atomic mass is 10.1. The highest BCUT2D eigenvalue weighted by Gasteiger charge is 2.36. The summed E-state index contributed by atoms with van der Waals surface area (Å²) >= 11 is 0. The number of amides is 2. The number of hydrogen-bond acceptors (Lipinski definition) is 5. The Morgan fingerprint density at radius 3 is 2.92 bits per heavy atom. The molecular formula is C18H19N3O4. The summed E-state index contributed by atoms with van der Waals surface area (Å²) in [5.41, 5.74) is 0.658. The van der Waals surface area contributed by atoms with Gasteiger partial charge in [-0.1, -0.05) is 12.1 Å². The van der Waals surface area contributed by atoms with Crippen molar-refractivity contribution in [2.24, 2.45) is 5.92 Å². The number of nitrogens with zero attached hydrogens (tertiary/aromatic N) is 2. The second-order valence-corrected chi connectivity index (χ2v) is 5.67. The Morgan fingerprint density at radius 2 is 2.16 bits per heavy atom. The zero-order valence-electron chi connectivity index (χ0n) is 13.8. The van der Waals surface area contributed by atoms with E-state index in [1.165, 1.54) is 12.3 Å². The summed E-state index contributed by atoms with van der Waals surface area (Å²) in [7, 11) is 0. The summed E-state index contributed by atoms with van der Waals surface area (Å²) in [5.74, 6) is -0.423. The molecule has 1 aliphatic rings. The number of ether oxygens (including phenoxy) is 1. The molecule has 1 unspecified atom stereocenters. The molecule has 0 radical (unpaired) electrons. The zero-order chi connectivity index (χ0) is 17.8. The van der Waals surface area contributed by atoms with Crippen LogP contribution in [0.15, 0.2) is 42.6 Å². The molecule has 0 spiro atoms. The Bertz CT molecular complexity index is 793. The van der Waals surface area contributed by atoms with Crippen molar-refractivity contribution >= 4 is 23.3 Å². The minimum atomic E-state index is -0.524. The van der Waals surface area contributed by atoms with Gasteiger partial charge in [-0.25, -0.2) is 4.98 Å². The van der Waals surface area contributed by atoms with E-state index < -0.39 is 5.92 Å². The number of carbonyl (C=O) groups is 2. The molecule has 2 amide bonds. The second kappa shape index (κ2) is 7.21. The summed E-state index contributed by atoms with van der Waals surface area (Å²) < 4.78 is 5.57. The standard InChI is InChI=1S/C18H19N3O4/c1-2-25-15-8-4-3-6-13(15)21-11-12(10-16(21)23)18(24)20-17-14(22)7-5-9-19-17/h3-9,12,22H,2,10-11H2,1H3,(H,19,20,24). The molecule has 3 rings (SSSR count). The Hall–Kier alpha value is -3.09. The van der Waals surface area contributed by atoms with Crippen molar-refractivity contribution in [3.8, 4) is 11.5 Å². The number of anilines is 2. The first-order valence-corrected chi connectivity index (χ1v) is 8.07. The summed E-state index contributed by atoms with van der Waals surface area (Å²) in [5, 5.41) is 12.3. The molecule has 2 aromatic rings. The fourth-order valence-corrected chi connectivity index (χ4v) is 2.79. The number of rotatable bonds is 5. The number of benzene rings is 1. The molecule has 0 aliphatic carbocycles. The molecule has 2 N–H and O–H groups in total. The second-order valence-electron chi connectivity index (χ2n) is 5.67. The van der Waals surface area contributed by atoms with Crippen LogP contribution in [0.2, 0.25) is 0 Å². The van der Waals surface area contributed by atoms with Crippen LogP contribution in [0, 0.1) is 5.92 Å². The molecule has 1 aromatic heterocycles. The lowest BCUT2D eigenvalue weighted by molar-refractivity contribution is -0.122. The highest BCUT2D eigenvalue weighted by Crippen LogP contribution is 2.33. The van der Waals surface area contributed by atoms with Crippen LogP contribution < -0.4 is 15.0 Å². The topological polar surface area (TPSA) is 91.8 Å². The number of aromatic nitrogens is 1. The Morgan fingerprint density at radius 1 is 1.36 bits per heavy atom. The average Bonchev–Trinajstić information content (AvgIpc) is 2.99. The molecule has 130 valence electrons. The van der Waals surface area contributed by atoms with Gasteiger partial charge in [0.15, 0.2) is 11.6 Å². The van der Waals surface area contributed by atoms with E-state index in [4.69, 9.17) is 4.74 Å². The highest BCUT2D eigenvalue weighted by atomic mass is 16.5. The van der Waals surface area contributed by atoms with Crippen LogP contribution >= 0.6 is 0 Å². The first kappa shape index (κ1) is 16.8. The Kier molecular flexibility index (Phi) is 4.83. The summed E-state index contributed by atoms with van der Waals surface area (Å²) in [6, 6.07) is 10.3. The number of hydrogen-bond donors (Lipinski definition) is 2. The SMILES string of the molecule is CCOc1ccccc1N1CC(C(=O)Nc2ncccc2O)CC1=O. The van der Waals surface area contributed by atoms with Gasteiger partial charge in [0.05, 0.1) is 18.2 Å². The smallest absolute Gasteiger partial charge is 0.231 e. The summed E-state index contributed by atoms with van der Waals surface area (Å²) in [4.78, 5) is 30.3. The van der Waals surface area contributed by atoms with Gasteiger partial charge in [0.2, 0.25) is 11.8 Å². The maximum Gasteiger partial charge on any atom is 0.231 e. The molecular weight excluding hydrogens is 322 g/mol. The molecule has 7 heteroatoms. The molecule has 1 saturated heterocycles. The van der Waals surface area contributed by atoms with Crippen molar-refractivity contribution in [2.45, 2.75) is 13.3 Å². The maximum absolute atomic E-state index is 12.4. The third-order valence-corrected chi connectivity index (χ3v) is 3.98. The van der Waals surface area contributed by atoms with E-state index in [-0.39, 0.29) is 36.3 Å². The summed E-state index contributed by atoms with van der Waals surface area (Å²) in [6.07, 6.45) is 1.57. The van der Waals surface area contributed by atoms with Gasteiger partial charge >= 0.3 is 0 Å². The van der Waals surface area contributed by atoms with E-state index in [1.807, 2.05) is 19.1 Å². The van der Waals surface area contributed by atoms with E-state index in [0.29, 0.717) is 18.0 Å². The molecule has 1 aliphatic heterocycles. The van der Waals surface area contributed by atoms with Gasteiger partial charge < -0.3 is 20.1 Å². The molecule has 2 heterocycles. The van der Waals surface area contributed by atoms with Crippen molar-refractivity contribution in [1.82, 2.24) is 4.98 Å². The van der Waals surface area contributed by atoms with Gasteiger partial charge in [0.25, 0.3) is 0 Å². The fraction of sp³-hybridized carbons (Fsp3) is 0.278. The van der Waals surface area contributed by atoms with Crippen molar-refractivity contribution < 1.29 is 19.4 Å². The molecule has 1 atom stereocenters.